The summed E-state index contributed by atoms with van der Waals surface area (Å²) in [7, 11) is 0. The molecule has 1 saturated carbocycles. The molecule has 0 bridgehead atoms. The fourth-order valence-corrected chi connectivity index (χ4v) is 2.30. The van der Waals surface area contributed by atoms with Crippen LogP contribution in [0.15, 0.2) is 0 Å². The van der Waals surface area contributed by atoms with Crippen LogP contribution in [0.25, 0.3) is 0 Å². The molecule has 0 aromatic carbocycles. The molecule has 1 heteroatoms. The molecule has 0 aromatic rings. The second-order valence-electron chi connectivity index (χ2n) is 4.99. The third-order valence-corrected chi connectivity index (χ3v) is 3.72. The molecule has 0 heterocycles. The van der Waals surface area contributed by atoms with Gasteiger partial charge in [-0.05, 0) is 30.6 Å². The van der Waals surface area contributed by atoms with Crippen molar-refractivity contribution >= 4 is 0 Å². The monoisotopic (exact) mass is 184 g/mol. The average Bonchev–Trinajstić information content (AvgIpc) is 2.17. The zero-order chi connectivity index (χ0) is 9.84. The molecule has 0 aromatic heterocycles. The van der Waals surface area contributed by atoms with Gasteiger partial charge in [0.2, 0.25) is 0 Å². The Morgan fingerprint density at radius 3 is 2.00 bits per heavy atom. The van der Waals surface area contributed by atoms with Gasteiger partial charge < -0.3 is 5.11 Å². The Hall–Kier alpha value is -0.0400. The highest BCUT2D eigenvalue weighted by Gasteiger charge is 2.27. The zero-order valence-corrected chi connectivity index (χ0v) is 9.29. The maximum atomic E-state index is 10.1. The Labute approximate surface area is 82.5 Å². The van der Waals surface area contributed by atoms with Crippen LogP contribution in [0.2, 0.25) is 0 Å². The first kappa shape index (κ1) is 11.0. The van der Waals surface area contributed by atoms with E-state index < -0.39 is 0 Å². The van der Waals surface area contributed by atoms with Gasteiger partial charge in [-0.2, -0.15) is 0 Å². The molecule has 1 aliphatic rings. The van der Waals surface area contributed by atoms with E-state index in [0.717, 1.165) is 0 Å². The fourth-order valence-electron chi connectivity index (χ4n) is 2.30. The van der Waals surface area contributed by atoms with Gasteiger partial charge in [-0.3, -0.25) is 0 Å². The summed E-state index contributed by atoms with van der Waals surface area (Å²) in [4.78, 5) is 0. The van der Waals surface area contributed by atoms with Crippen LogP contribution < -0.4 is 0 Å². The molecule has 2 atom stereocenters. The van der Waals surface area contributed by atoms with Crippen molar-refractivity contribution in [1.82, 2.24) is 0 Å². The molecule has 1 N–H and O–H groups in total. The van der Waals surface area contributed by atoms with E-state index in [0.29, 0.717) is 17.8 Å². The minimum atomic E-state index is -0.0553. The van der Waals surface area contributed by atoms with E-state index in [1.54, 1.807) is 0 Å². The van der Waals surface area contributed by atoms with E-state index in [9.17, 15) is 5.11 Å². The Morgan fingerprint density at radius 1 is 1.00 bits per heavy atom. The average molecular weight is 184 g/mol. The molecular weight excluding hydrogens is 160 g/mol. The van der Waals surface area contributed by atoms with E-state index in [1.165, 1.54) is 32.1 Å². The molecule has 0 saturated heterocycles. The lowest BCUT2D eigenvalue weighted by Gasteiger charge is -2.32. The maximum absolute atomic E-state index is 10.1. The van der Waals surface area contributed by atoms with Gasteiger partial charge >= 0.3 is 0 Å². The number of aliphatic hydroxyl groups is 1. The Bertz CT molecular complexity index is 136. The molecule has 78 valence electrons. The SMILES string of the molecule is CC(C)C(C)C(O)C1CCCCC1. The summed E-state index contributed by atoms with van der Waals surface area (Å²) in [5, 5.41) is 10.1. The minimum Gasteiger partial charge on any atom is -0.393 e. The number of hydrogen-bond donors (Lipinski definition) is 1. The summed E-state index contributed by atoms with van der Waals surface area (Å²) in [6.45, 7) is 6.59. The summed E-state index contributed by atoms with van der Waals surface area (Å²) < 4.78 is 0. The summed E-state index contributed by atoms with van der Waals surface area (Å²) in [5.41, 5.74) is 0. The van der Waals surface area contributed by atoms with Crippen molar-refractivity contribution in [2.75, 3.05) is 0 Å². The molecule has 1 fully saturated rings. The van der Waals surface area contributed by atoms with Crippen LogP contribution >= 0.6 is 0 Å². The van der Waals surface area contributed by atoms with E-state index in [4.69, 9.17) is 0 Å². The first-order valence-corrected chi connectivity index (χ1v) is 5.81. The normalized spacial score (nSPS) is 24.7. The third kappa shape index (κ3) is 2.98. The molecule has 1 nitrogen and oxygen atoms in total. The quantitative estimate of drug-likeness (QED) is 0.714. The molecule has 13 heavy (non-hydrogen) atoms. The predicted octanol–water partition coefficient (Wildman–Crippen LogP) is 3.22. The van der Waals surface area contributed by atoms with Crippen molar-refractivity contribution in [2.24, 2.45) is 17.8 Å². The number of hydrogen-bond acceptors (Lipinski definition) is 1. The van der Waals surface area contributed by atoms with Crippen LogP contribution in [0.3, 0.4) is 0 Å². The molecule has 1 rings (SSSR count). The lowest BCUT2D eigenvalue weighted by Crippen LogP contribution is -2.31. The van der Waals surface area contributed by atoms with E-state index in [2.05, 4.69) is 20.8 Å². The number of aliphatic hydroxyl groups excluding tert-OH is 1. The smallest absolute Gasteiger partial charge is 0.0596 e. The van der Waals surface area contributed by atoms with Crippen LogP contribution in [0.1, 0.15) is 52.9 Å². The minimum absolute atomic E-state index is 0.0553. The Morgan fingerprint density at radius 2 is 1.54 bits per heavy atom. The van der Waals surface area contributed by atoms with Crippen molar-refractivity contribution < 1.29 is 5.11 Å². The molecule has 0 radical (unpaired) electrons. The second-order valence-corrected chi connectivity index (χ2v) is 4.99. The summed E-state index contributed by atoms with van der Waals surface area (Å²) in [6.07, 6.45) is 6.47. The molecule has 0 amide bonds. The Balaban J connectivity index is 2.40. The first-order chi connectivity index (χ1) is 6.13. The van der Waals surface area contributed by atoms with Gasteiger partial charge in [0.05, 0.1) is 6.10 Å². The van der Waals surface area contributed by atoms with Gasteiger partial charge in [-0.15, -0.1) is 0 Å². The Kier molecular flexibility index (Phi) is 4.24. The van der Waals surface area contributed by atoms with E-state index in [-0.39, 0.29) is 6.10 Å². The van der Waals surface area contributed by atoms with Crippen molar-refractivity contribution in [3.05, 3.63) is 0 Å². The summed E-state index contributed by atoms with van der Waals surface area (Å²) >= 11 is 0. The third-order valence-electron chi connectivity index (χ3n) is 3.72. The van der Waals surface area contributed by atoms with Crippen molar-refractivity contribution in [2.45, 2.75) is 59.0 Å². The van der Waals surface area contributed by atoms with Gasteiger partial charge in [0.1, 0.15) is 0 Å². The van der Waals surface area contributed by atoms with Crippen molar-refractivity contribution in [1.29, 1.82) is 0 Å². The van der Waals surface area contributed by atoms with Gasteiger partial charge in [0.15, 0.2) is 0 Å². The zero-order valence-electron chi connectivity index (χ0n) is 9.29. The van der Waals surface area contributed by atoms with Crippen LogP contribution in [0.4, 0.5) is 0 Å². The van der Waals surface area contributed by atoms with Gasteiger partial charge in [0, 0.05) is 0 Å². The van der Waals surface area contributed by atoms with Crippen LogP contribution in [0.5, 0.6) is 0 Å². The van der Waals surface area contributed by atoms with Crippen LogP contribution in [-0.2, 0) is 0 Å². The van der Waals surface area contributed by atoms with Crippen LogP contribution in [0, 0.1) is 17.8 Å². The van der Waals surface area contributed by atoms with Gasteiger partial charge in [-0.25, -0.2) is 0 Å². The number of rotatable bonds is 3. The predicted molar refractivity (Wildman–Crippen MR) is 56.6 cm³/mol. The van der Waals surface area contributed by atoms with Gasteiger partial charge in [0.25, 0.3) is 0 Å². The lowest BCUT2D eigenvalue weighted by molar-refractivity contribution is 0.0228. The molecule has 0 spiro atoms. The molecule has 0 aliphatic heterocycles. The summed E-state index contributed by atoms with van der Waals surface area (Å²) in [6, 6.07) is 0. The van der Waals surface area contributed by atoms with Gasteiger partial charge in [-0.1, -0.05) is 40.0 Å². The summed E-state index contributed by atoms with van der Waals surface area (Å²) in [5.74, 6) is 1.66. The topological polar surface area (TPSA) is 20.2 Å². The molecule has 2 unspecified atom stereocenters. The lowest BCUT2D eigenvalue weighted by atomic mass is 9.78. The highest BCUT2D eigenvalue weighted by atomic mass is 16.3. The molecular formula is C12H24O. The largest absolute Gasteiger partial charge is 0.393 e. The van der Waals surface area contributed by atoms with Crippen LogP contribution in [-0.4, -0.2) is 11.2 Å². The van der Waals surface area contributed by atoms with Crippen molar-refractivity contribution in [3.63, 3.8) is 0 Å². The van der Waals surface area contributed by atoms with E-state index in [1.807, 2.05) is 0 Å². The van der Waals surface area contributed by atoms with Crippen molar-refractivity contribution in [3.8, 4) is 0 Å². The fraction of sp³-hybridized carbons (Fsp3) is 1.00. The molecule has 1 aliphatic carbocycles. The standard InChI is InChI=1S/C12H24O/c1-9(2)10(3)12(13)11-7-5-4-6-8-11/h9-13H,4-8H2,1-3H3. The maximum Gasteiger partial charge on any atom is 0.0596 e. The first-order valence-electron chi connectivity index (χ1n) is 5.81. The van der Waals surface area contributed by atoms with E-state index >= 15 is 0 Å². The highest BCUT2D eigenvalue weighted by Crippen LogP contribution is 2.31. The highest BCUT2D eigenvalue weighted by molar-refractivity contribution is 4.78. The second kappa shape index (κ2) is 4.99.